The summed E-state index contributed by atoms with van der Waals surface area (Å²) in [6.45, 7) is 8.98. The quantitative estimate of drug-likeness (QED) is 0.169. The second-order valence-corrected chi connectivity index (χ2v) is 9.69. The molecule has 2 aromatic rings. The van der Waals surface area contributed by atoms with Crippen LogP contribution < -0.4 is 0 Å². The Morgan fingerprint density at radius 1 is 0.667 bits per heavy atom. The summed E-state index contributed by atoms with van der Waals surface area (Å²) >= 11 is 0. The average molecular weight is 479 g/mol. The summed E-state index contributed by atoms with van der Waals surface area (Å²) in [4.78, 5) is 21.7. The Morgan fingerprint density at radius 2 is 1.15 bits per heavy atom. The van der Waals surface area contributed by atoms with Crippen molar-refractivity contribution in [1.29, 1.82) is 0 Å². The van der Waals surface area contributed by atoms with Crippen LogP contribution in [0.1, 0.15) is 101 Å². The van der Waals surface area contributed by atoms with Gasteiger partial charge in [0.25, 0.3) is 0 Å². The number of hydrogen-bond donors (Lipinski definition) is 5. The molecule has 0 atom stereocenters. The van der Waals surface area contributed by atoms with Gasteiger partial charge in [-0.15, -0.1) is 0 Å². The monoisotopic (exact) mass is 478 g/mol. The zero-order valence-corrected chi connectivity index (χ0v) is 21.6. The van der Waals surface area contributed by atoms with Crippen LogP contribution in [-0.2, 0) is 18.3 Å². The van der Waals surface area contributed by atoms with E-state index in [0.29, 0.717) is 11.5 Å². The van der Waals surface area contributed by atoms with Gasteiger partial charge in [-0.2, -0.15) is 0 Å². The number of benzene rings is 2. The molecule has 5 N–H and O–H groups in total. The average Bonchev–Trinajstić information content (AvgIpc) is 2.75. The van der Waals surface area contributed by atoms with E-state index in [4.69, 9.17) is 14.7 Å². The van der Waals surface area contributed by atoms with Crippen molar-refractivity contribution in [2.75, 3.05) is 0 Å². The number of hydrogen-bond acceptors (Lipinski definition) is 5. The van der Waals surface area contributed by atoms with Gasteiger partial charge in [0.05, 0.1) is 0 Å². The van der Waals surface area contributed by atoms with Crippen molar-refractivity contribution in [2.24, 2.45) is 0 Å². The van der Waals surface area contributed by atoms with Crippen LogP contribution in [0.15, 0.2) is 36.4 Å². The van der Waals surface area contributed by atoms with E-state index in [-0.39, 0.29) is 5.41 Å². The van der Waals surface area contributed by atoms with Gasteiger partial charge in [-0.3, -0.25) is 0 Å². The summed E-state index contributed by atoms with van der Waals surface area (Å²) < 4.78 is 0. The van der Waals surface area contributed by atoms with Crippen LogP contribution in [0.4, 0.5) is 0 Å². The fraction of sp³-hybridized carbons (Fsp3) is 0.556. The van der Waals surface area contributed by atoms with Gasteiger partial charge in [0.2, 0.25) is 0 Å². The van der Waals surface area contributed by atoms with E-state index in [1.165, 1.54) is 55.2 Å². The zero-order chi connectivity index (χ0) is 24.9. The lowest BCUT2D eigenvalue weighted by molar-refractivity contribution is 0.368. The Balaban J connectivity index is 0.00000125. The molecular formula is C27H43O5P. The molecule has 0 unspecified atom stereocenters. The van der Waals surface area contributed by atoms with Gasteiger partial charge in [-0.1, -0.05) is 84.4 Å². The summed E-state index contributed by atoms with van der Waals surface area (Å²) in [5, 5.41) is 20.4. The minimum Gasteiger partial charge on any atom is -0.508 e. The van der Waals surface area contributed by atoms with E-state index in [1.807, 2.05) is 18.2 Å². The van der Waals surface area contributed by atoms with Crippen molar-refractivity contribution < 1.29 is 24.9 Å². The topological polar surface area (TPSA) is 101 Å². The van der Waals surface area contributed by atoms with E-state index < -0.39 is 8.60 Å². The maximum atomic E-state index is 10.7. The minimum atomic E-state index is -2.62. The Bertz CT molecular complexity index is 800. The van der Waals surface area contributed by atoms with E-state index >= 15 is 0 Å². The lowest BCUT2D eigenvalue weighted by Gasteiger charge is -2.30. The molecule has 0 amide bonds. The van der Waals surface area contributed by atoms with E-state index in [1.54, 1.807) is 12.1 Å². The predicted molar refractivity (Wildman–Crippen MR) is 138 cm³/mol. The van der Waals surface area contributed by atoms with Gasteiger partial charge in [-0.05, 0) is 66.1 Å². The molecule has 0 aliphatic heterocycles. The fourth-order valence-electron chi connectivity index (χ4n) is 4.32. The molecule has 0 saturated carbocycles. The van der Waals surface area contributed by atoms with Crippen LogP contribution in [0.3, 0.4) is 0 Å². The van der Waals surface area contributed by atoms with Gasteiger partial charge in [0.15, 0.2) is 0 Å². The predicted octanol–water partition coefficient (Wildman–Crippen LogP) is 6.86. The van der Waals surface area contributed by atoms with Crippen LogP contribution >= 0.6 is 8.60 Å². The molecule has 0 saturated heterocycles. The molecule has 0 heterocycles. The normalized spacial score (nSPS) is 11.4. The summed E-state index contributed by atoms with van der Waals surface area (Å²) in [5.74, 6) is 0.754. The first-order chi connectivity index (χ1) is 15.6. The van der Waals surface area contributed by atoms with E-state index in [0.717, 1.165) is 31.2 Å². The van der Waals surface area contributed by atoms with E-state index in [9.17, 15) is 10.2 Å². The first kappa shape index (κ1) is 29.4. The summed E-state index contributed by atoms with van der Waals surface area (Å²) in [6.07, 6.45) is 11.7. The van der Waals surface area contributed by atoms with Gasteiger partial charge < -0.3 is 24.9 Å². The molecule has 0 bridgehead atoms. The van der Waals surface area contributed by atoms with Crippen molar-refractivity contribution in [1.82, 2.24) is 0 Å². The lowest BCUT2D eigenvalue weighted by atomic mass is 9.74. The third-order valence-corrected chi connectivity index (χ3v) is 6.23. The number of rotatable bonds is 12. The number of phenols is 2. The summed E-state index contributed by atoms with van der Waals surface area (Å²) in [7, 11) is -2.62. The smallest absolute Gasteiger partial charge is 0.324 e. The van der Waals surface area contributed by atoms with Crippen LogP contribution in [0.2, 0.25) is 0 Å². The molecule has 2 rings (SSSR count). The fourth-order valence-corrected chi connectivity index (χ4v) is 4.32. The Labute approximate surface area is 201 Å². The van der Waals surface area contributed by atoms with Crippen molar-refractivity contribution >= 4 is 8.60 Å². The standard InChI is InChI=1S/C27H40O2.H3O3P/c1-5-7-9-11-13-23-24(14-12-10-8-6-2)26(29)20-19-25(23)27(3,4)21-15-17-22(28)18-16-21;1-4(2)3/h15-20,28-29H,5-14H2,1-4H3;1-3H. The molecular weight excluding hydrogens is 435 g/mol. The van der Waals surface area contributed by atoms with Crippen molar-refractivity contribution in [3.63, 3.8) is 0 Å². The highest BCUT2D eigenvalue weighted by Crippen LogP contribution is 2.39. The summed E-state index contributed by atoms with van der Waals surface area (Å²) in [5.41, 5.74) is 4.81. The highest BCUT2D eigenvalue weighted by molar-refractivity contribution is 7.38. The van der Waals surface area contributed by atoms with Gasteiger partial charge >= 0.3 is 8.60 Å². The van der Waals surface area contributed by atoms with E-state index in [2.05, 4.69) is 33.8 Å². The van der Waals surface area contributed by atoms with Gasteiger partial charge in [0, 0.05) is 5.41 Å². The first-order valence-electron chi connectivity index (χ1n) is 12.2. The Morgan fingerprint density at radius 3 is 1.64 bits per heavy atom. The molecule has 0 fully saturated rings. The van der Waals surface area contributed by atoms with Crippen LogP contribution in [-0.4, -0.2) is 24.9 Å². The largest absolute Gasteiger partial charge is 0.508 e. The van der Waals surface area contributed by atoms with Gasteiger partial charge in [0.1, 0.15) is 11.5 Å². The highest BCUT2D eigenvalue weighted by atomic mass is 31.2. The zero-order valence-electron chi connectivity index (χ0n) is 20.7. The number of phenolic OH excluding ortho intramolecular Hbond substituents is 2. The number of aromatic hydroxyl groups is 2. The molecule has 0 spiro atoms. The SMILES string of the molecule is CCCCCCc1c(O)ccc(C(C)(C)c2ccc(O)cc2)c1CCCCCC.OP(O)O. The molecule has 0 aromatic heterocycles. The summed E-state index contributed by atoms with van der Waals surface area (Å²) in [6, 6.07) is 11.6. The van der Waals surface area contributed by atoms with Gasteiger partial charge in [-0.25, -0.2) is 0 Å². The maximum absolute atomic E-state index is 10.7. The van der Waals surface area contributed by atoms with Crippen LogP contribution in [0, 0.1) is 0 Å². The second kappa shape index (κ2) is 15.3. The Hall–Kier alpha value is -1.65. The van der Waals surface area contributed by atoms with Crippen LogP contribution in [0.25, 0.3) is 0 Å². The maximum Gasteiger partial charge on any atom is 0.324 e. The van der Waals surface area contributed by atoms with Crippen LogP contribution in [0.5, 0.6) is 11.5 Å². The molecule has 186 valence electrons. The van der Waals surface area contributed by atoms with Crippen molar-refractivity contribution in [3.8, 4) is 11.5 Å². The molecule has 0 aliphatic rings. The molecule has 6 heteroatoms. The molecule has 5 nitrogen and oxygen atoms in total. The minimum absolute atomic E-state index is 0.181. The van der Waals surface area contributed by atoms with Crippen molar-refractivity contribution in [2.45, 2.75) is 97.3 Å². The molecule has 33 heavy (non-hydrogen) atoms. The lowest BCUT2D eigenvalue weighted by Crippen LogP contribution is -2.22. The third-order valence-electron chi connectivity index (χ3n) is 6.23. The Kier molecular flexibility index (Phi) is 13.6. The molecule has 0 aliphatic carbocycles. The molecule has 2 aromatic carbocycles. The first-order valence-corrected chi connectivity index (χ1v) is 13.4. The number of unbranched alkanes of at least 4 members (excludes halogenated alkanes) is 6. The second-order valence-electron chi connectivity index (χ2n) is 9.15. The third kappa shape index (κ3) is 10.0. The molecule has 0 radical (unpaired) electrons. The highest BCUT2D eigenvalue weighted by Gasteiger charge is 2.28. The van der Waals surface area contributed by atoms with Crippen molar-refractivity contribution in [3.05, 3.63) is 58.7 Å².